The Morgan fingerprint density at radius 2 is 1.75 bits per heavy atom. The molecule has 1 saturated heterocycles. The number of morpholine rings is 1. The number of ketones is 1. The van der Waals surface area contributed by atoms with Crippen LogP contribution in [-0.2, 0) is 4.74 Å². The van der Waals surface area contributed by atoms with Crippen molar-refractivity contribution in [2.24, 2.45) is 0 Å². The standard InChI is InChI=1S/C14H19NO2.2CH3.Sn/c1-2-3-14(16)12-4-6-13(7-5-12)15-8-10-17-11-9-15;;;/h4-7H,2-3,8-11H2,1H3;2*1H3;. The van der Waals surface area contributed by atoms with Gasteiger partial charge in [-0.15, -0.1) is 0 Å². The number of ether oxygens (including phenoxy) is 1. The average Bonchev–Trinajstić information content (AvgIpc) is 2.49. The average molecular weight is 382 g/mol. The molecule has 1 aliphatic rings. The molecule has 20 heavy (non-hydrogen) atoms. The first-order valence-corrected chi connectivity index (χ1v) is 13.0. The monoisotopic (exact) mass is 383 g/mol. The molecule has 0 atom stereocenters. The second-order valence-corrected chi connectivity index (χ2v) is 7.67. The van der Waals surface area contributed by atoms with Gasteiger partial charge in [0.05, 0.1) is 13.2 Å². The van der Waals surface area contributed by atoms with Gasteiger partial charge >= 0.3 is 31.0 Å². The van der Waals surface area contributed by atoms with E-state index >= 15 is 0 Å². The molecule has 1 fully saturated rings. The van der Waals surface area contributed by atoms with Crippen LogP contribution in [0.5, 0.6) is 0 Å². The Morgan fingerprint density at radius 3 is 2.25 bits per heavy atom. The van der Waals surface area contributed by atoms with Crippen LogP contribution in [0.4, 0.5) is 5.69 Å². The Kier molecular flexibility index (Phi) is 8.94. The predicted molar refractivity (Wildman–Crippen MR) is 86.2 cm³/mol. The molecule has 1 aromatic carbocycles. The van der Waals surface area contributed by atoms with E-state index in [-0.39, 0.29) is 26.9 Å². The van der Waals surface area contributed by atoms with E-state index in [9.17, 15) is 4.79 Å². The molecular formula is C16H25NO2Sn. The molecule has 1 heterocycles. The third-order valence-electron chi connectivity index (χ3n) is 3.04. The van der Waals surface area contributed by atoms with Crippen molar-refractivity contribution in [2.45, 2.75) is 29.6 Å². The van der Waals surface area contributed by atoms with Crippen molar-refractivity contribution in [1.29, 1.82) is 0 Å². The zero-order valence-electron chi connectivity index (χ0n) is 12.8. The molecule has 0 spiro atoms. The van der Waals surface area contributed by atoms with Crippen LogP contribution < -0.4 is 4.90 Å². The van der Waals surface area contributed by atoms with Crippen LogP contribution in [0.3, 0.4) is 0 Å². The van der Waals surface area contributed by atoms with Gasteiger partial charge in [0.15, 0.2) is 5.78 Å². The molecule has 0 saturated carbocycles. The number of nitrogens with zero attached hydrogens (tertiary/aromatic N) is 1. The van der Waals surface area contributed by atoms with Gasteiger partial charge in [0.25, 0.3) is 0 Å². The van der Waals surface area contributed by atoms with Gasteiger partial charge in [-0.2, -0.15) is 0 Å². The molecule has 0 N–H and O–H groups in total. The van der Waals surface area contributed by atoms with E-state index in [1.165, 1.54) is 5.69 Å². The first-order chi connectivity index (χ1) is 9.72. The van der Waals surface area contributed by atoms with E-state index in [0.717, 1.165) is 38.3 Å². The van der Waals surface area contributed by atoms with E-state index < -0.39 is 0 Å². The van der Waals surface area contributed by atoms with Crippen molar-refractivity contribution in [3.63, 3.8) is 0 Å². The zero-order valence-corrected chi connectivity index (χ0v) is 15.7. The van der Waals surface area contributed by atoms with Crippen LogP contribution in [0.15, 0.2) is 24.3 Å². The Bertz CT molecular complexity index is 386. The topological polar surface area (TPSA) is 29.5 Å². The van der Waals surface area contributed by atoms with Crippen molar-refractivity contribution >= 4 is 32.6 Å². The van der Waals surface area contributed by atoms with Gasteiger partial charge in [-0.3, -0.25) is 4.79 Å². The summed E-state index contributed by atoms with van der Waals surface area (Å²) in [5.74, 6) is 0.237. The quantitative estimate of drug-likeness (QED) is 0.592. The third kappa shape index (κ3) is 5.83. The Balaban J connectivity index is 0.000000612. The summed E-state index contributed by atoms with van der Waals surface area (Å²) in [6, 6.07) is 7.94. The maximum absolute atomic E-state index is 11.7. The number of carbonyl (C=O) groups excluding carboxylic acids is 1. The van der Waals surface area contributed by atoms with E-state index in [1.807, 2.05) is 31.2 Å². The van der Waals surface area contributed by atoms with Gasteiger partial charge in [-0.05, 0) is 30.7 Å². The number of carbonyl (C=O) groups is 1. The number of hydrogen-bond acceptors (Lipinski definition) is 3. The van der Waals surface area contributed by atoms with Crippen LogP contribution in [0.1, 0.15) is 30.1 Å². The zero-order chi connectivity index (χ0) is 14.8. The second kappa shape index (κ2) is 10.2. The molecule has 0 aromatic heterocycles. The molecular weight excluding hydrogens is 357 g/mol. The molecule has 0 unspecified atom stereocenters. The van der Waals surface area contributed by atoms with Crippen LogP contribution in [0.2, 0.25) is 9.88 Å². The SMILES string of the molecule is CCCC(=O)c1ccc(N2CCOCC2)cc1.[CH3][Sn][CH3]. The summed E-state index contributed by atoms with van der Waals surface area (Å²) in [6.07, 6.45) is 1.54. The Labute approximate surface area is 132 Å². The Morgan fingerprint density at radius 1 is 1.20 bits per heavy atom. The molecule has 1 aliphatic heterocycles. The fourth-order valence-electron chi connectivity index (χ4n) is 2.05. The molecule has 0 amide bonds. The van der Waals surface area contributed by atoms with Gasteiger partial charge in [0.1, 0.15) is 0 Å². The molecule has 0 bridgehead atoms. The molecule has 3 nitrogen and oxygen atoms in total. The van der Waals surface area contributed by atoms with Crippen LogP contribution in [0.25, 0.3) is 0 Å². The van der Waals surface area contributed by atoms with Crippen LogP contribution in [0, 0.1) is 0 Å². The molecule has 2 radical (unpaired) electrons. The summed E-state index contributed by atoms with van der Waals surface area (Å²) in [7, 11) is 0. The number of rotatable bonds is 4. The summed E-state index contributed by atoms with van der Waals surface area (Å²) in [4.78, 5) is 18.6. The fourth-order valence-corrected chi connectivity index (χ4v) is 2.05. The van der Waals surface area contributed by atoms with Gasteiger partial charge in [-0.1, -0.05) is 6.92 Å². The summed E-state index contributed by atoms with van der Waals surface area (Å²) >= 11 is 0.230. The molecule has 0 aliphatic carbocycles. The molecule has 110 valence electrons. The maximum atomic E-state index is 11.7. The van der Waals surface area contributed by atoms with Crippen molar-refractivity contribution in [2.75, 3.05) is 31.2 Å². The minimum atomic E-state index is 0.230. The van der Waals surface area contributed by atoms with Crippen molar-refractivity contribution in [1.82, 2.24) is 0 Å². The number of benzene rings is 1. The first-order valence-electron chi connectivity index (χ1n) is 7.27. The molecule has 4 heteroatoms. The summed E-state index contributed by atoms with van der Waals surface area (Å²) in [5, 5.41) is 0. The van der Waals surface area contributed by atoms with Crippen LogP contribution >= 0.6 is 0 Å². The van der Waals surface area contributed by atoms with Gasteiger partial charge in [0, 0.05) is 30.8 Å². The molecule has 2 rings (SSSR count). The van der Waals surface area contributed by atoms with E-state index in [1.54, 1.807) is 0 Å². The van der Waals surface area contributed by atoms with Crippen molar-refractivity contribution in [3.05, 3.63) is 29.8 Å². The summed E-state index contributed by atoms with van der Waals surface area (Å²) < 4.78 is 5.32. The van der Waals surface area contributed by atoms with E-state index in [0.29, 0.717) is 6.42 Å². The van der Waals surface area contributed by atoms with Crippen LogP contribution in [-0.4, -0.2) is 53.2 Å². The minimum absolute atomic E-state index is 0.230. The van der Waals surface area contributed by atoms with Gasteiger partial charge < -0.3 is 9.64 Å². The number of anilines is 1. The van der Waals surface area contributed by atoms with E-state index in [4.69, 9.17) is 4.74 Å². The van der Waals surface area contributed by atoms with Gasteiger partial charge in [0.2, 0.25) is 0 Å². The first kappa shape index (κ1) is 17.5. The second-order valence-electron chi connectivity index (χ2n) is 4.82. The molecule has 1 aromatic rings. The van der Waals surface area contributed by atoms with Gasteiger partial charge in [-0.25, -0.2) is 0 Å². The summed E-state index contributed by atoms with van der Waals surface area (Å²) in [6.45, 7) is 5.47. The number of hydrogen-bond donors (Lipinski definition) is 0. The number of Topliss-reactive ketones (excluding diaryl/α,β-unsaturated/α-hetero) is 1. The van der Waals surface area contributed by atoms with E-state index in [2.05, 4.69) is 14.8 Å². The van der Waals surface area contributed by atoms with Crippen molar-refractivity contribution in [3.8, 4) is 0 Å². The normalized spacial score (nSPS) is 14.4. The van der Waals surface area contributed by atoms with Crippen molar-refractivity contribution < 1.29 is 9.53 Å². The fraction of sp³-hybridized carbons (Fsp3) is 0.562. The summed E-state index contributed by atoms with van der Waals surface area (Å²) in [5.41, 5.74) is 2.00. The predicted octanol–water partition coefficient (Wildman–Crippen LogP) is 3.29. The third-order valence-corrected chi connectivity index (χ3v) is 3.04. The Hall–Kier alpha value is -0.551.